The van der Waals surface area contributed by atoms with Gasteiger partial charge < -0.3 is 9.84 Å². The molecule has 0 bridgehead atoms. The van der Waals surface area contributed by atoms with Gasteiger partial charge in [0.1, 0.15) is 11.7 Å². The van der Waals surface area contributed by atoms with E-state index in [1.54, 1.807) is 6.20 Å². The van der Waals surface area contributed by atoms with Crippen LogP contribution < -0.4 is 5.32 Å². The highest BCUT2D eigenvalue weighted by atomic mass is 19.4. The minimum absolute atomic E-state index is 0.0554. The van der Waals surface area contributed by atoms with Gasteiger partial charge in [0.15, 0.2) is 0 Å². The highest BCUT2D eigenvalue weighted by Gasteiger charge is 2.43. The second-order valence-corrected chi connectivity index (χ2v) is 6.13. The molecule has 0 saturated heterocycles. The molecule has 1 N–H and O–H groups in total. The van der Waals surface area contributed by atoms with Gasteiger partial charge in [-0.2, -0.15) is 18.2 Å². The number of aromatic nitrogens is 3. The molecule has 3 aromatic rings. The second kappa shape index (κ2) is 6.11. The van der Waals surface area contributed by atoms with Gasteiger partial charge in [-0.3, -0.25) is 4.98 Å². The molecule has 1 unspecified atom stereocenters. The zero-order chi connectivity index (χ0) is 17.4. The predicted octanol–water partition coefficient (Wildman–Crippen LogP) is 3.51. The maximum absolute atomic E-state index is 13.2. The van der Waals surface area contributed by atoms with E-state index < -0.39 is 18.6 Å². The average Bonchev–Trinajstić information content (AvgIpc) is 3.29. The zero-order valence-corrected chi connectivity index (χ0v) is 13.1. The summed E-state index contributed by atoms with van der Waals surface area (Å²) in [5.74, 6) is 0.138. The molecule has 130 valence electrons. The smallest absolute Gasteiger partial charge is 0.339 e. The van der Waals surface area contributed by atoms with Crippen molar-refractivity contribution in [2.45, 2.75) is 37.5 Å². The molecule has 1 atom stereocenters. The maximum Gasteiger partial charge on any atom is 0.404 e. The Morgan fingerprint density at radius 3 is 2.76 bits per heavy atom. The number of halogens is 3. The van der Waals surface area contributed by atoms with Crippen LogP contribution in [0.2, 0.25) is 0 Å². The summed E-state index contributed by atoms with van der Waals surface area (Å²) >= 11 is 0. The number of hydrogen-bond acceptors (Lipinski definition) is 5. The van der Waals surface area contributed by atoms with Crippen molar-refractivity contribution in [2.24, 2.45) is 0 Å². The van der Waals surface area contributed by atoms with Gasteiger partial charge in [0.25, 0.3) is 0 Å². The molecule has 0 amide bonds. The first kappa shape index (κ1) is 16.0. The highest BCUT2D eigenvalue weighted by Crippen LogP contribution is 2.29. The van der Waals surface area contributed by atoms with Crippen molar-refractivity contribution in [3.63, 3.8) is 0 Å². The van der Waals surface area contributed by atoms with Crippen molar-refractivity contribution in [3.05, 3.63) is 42.4 Å². The lowest BCUT2D eigenvalue weighted by Gasteiger charge is -2.19. The van der Waals surface area contributed by atoms with E-state index in [4.69, 9.17) is 4.52 Å². The molecule has 1 aliphatic rings. The Balaban J connectivity index is 1.61. The third-order valence-corrected chi connectivity index (χ3v) is 4.14. The molecule has 1 aromatic carbocycles. The highest BCUT2D eigenvalue weighted by molar-refractivity contribution is 5.92. The molecule has 0 aliphatic heterocycles. The van der Waals surface area contributed by atoms with E-state index in [-0.39, 0.29) is 17.8 Å². The Kier molecular flexibility index (Phi) is 3.91. The molecule has 5 nitrogen and oxygen atoms in total. The van der Waals surface area contributed by atoms with Crippen LogP contribution in [0, 0.1) is 0 Å². The van der Waals surface area contributed by atoms with Crippen molar-refractivity contribution in [3.8, 4) is 11.5 Å². The van der Waals surface area contributed by atoms with Gasteiger partial charge in [0.2, 0.25) is 11.7 Å². The summed E-state index contributed by atoms with van der Waals surface area (Å²) in [5, 5.41) is 8.18. The molecule has 1 fully saturated rings. The number of hydrogen-bond donors (Lipinski definition) is 1. The Hall–Kier alpha value is -2.48. The Labute approximate surface area is 141 Å². The fourth-order valence-electron chi connectivity index (χ4n) is 2.71. The van der Waals surface area contributed by atoms with Crippen molar-refractivity contribution in [2.75, 3.05) is 0 Å². The minimum Gasteiger partial charge on any atom is -0.339 e. The van der Waals surface area contributed by atoms with Gasteiger partial charge >= 0.3 is 6.18 Å². The Bertz CT molecular complexity index is 883. The summed E-state index contributed by atoms with van der Waals surface area (Å²) in [7, 11) is 0. The van der Waals surface area contributed by atoms with Crippen molar-refractivity contribution < 1.29 is 17.7 Å². The summed E-state index contributed by atoms with van der Waals surface area (Å²) < 4.78 is 44.6. The number of pyridine rings is 1. The van der Waals surface area contributed by atoms with Gasteiger partial charge in [-0.25, -0.2) is 0 Å². The third kappa shape index (κ3) is 3.48. The van der Waals surface area contributed by atoms with E-state index in [2.05, 4.69) is 20.4 Å². The van der Waals surface area contributed by atoms with Gasteiger partial charge in [-0.05, 0) is 24.3 Å². The van der Waals surface area contributed by atoms with Crippen LogP contribution >= 0.6 is 0 Å². The van der Waals surface area contributed by atoms with Gasteiger partial charge in [0.05, 0.1) is 6.42 Å². The van der Waals surface area contributed by atoms with E-state index in [0.29, 0.717) is 5.69 Å². The average molecular weight is 348 g/mol. The molecule has 2 aromatic heterocycles. The lowest BCUT2D eigenvalue weighted by molar-refractivity contribution is -0.157. The molecule has 0 radical (unpaired) electrons. The fraction of sp³-hybridized carbons (Fsp3) is 0.353. The molecule has 8 heteroatoms. The first-order valence-corrected chi connectivity index (χ1v) is 8.00. The van der Waals surface area contributed by atoms with Crippen LogP contribution in [-0.2, 0) is 6.42 Å². The lowest BCUT2D eigenvalue weighted by atomic mass is 10.1. The van der Waals surface area contributed by atoms with Crippen molar-refractivity contribution >= 4 is 10.8 Å². The lowest BCUT2D eigenvalue weighted by Crippen LogP contribution is -2.45. The van der Waals surface area contributed by atoms with Crippen LogP contribution in [0.15, 0.2) is 41.1 Å². The van der Waals surface area contributed by atoms with Gasteiger partial charge in [-0.1, -0.05) is 29.4 Å². The van der Waals surface area contributed by atoms with Crippen LogP contribution in [-0.4, -0.2) is 33.4 Å². The fourth-order valence-corrected chi connectivity index (χ4v) is 2.71. The maximum atomic E-state index is 13.2. The number of nitrogens with one attached hydrogen (secondary N) is 1. The standard InChI is InChI=1S/C17H15F3N4O/c18-17(19,20)13(22-11-5-6-11)9-14-23-16(24-25-14)15-12-4-2-1-3-10(12)7-8-21-15/h1-4,7-8,11,13,22H,5-6,9H2. The van der Waals surface area contributed by atoms with E-state index in [1.807, 2.05) is 30.3 Å². The summed E-state index contributed by atoms with van der Waals surface area (Å²) in [4.78, 5) is 8.39. The molecule has 2 heterocycles. The minimum atomic E-state index is -4.37. The molecule has 0 spiro atoms. The largest absolute Gasteiger partial charge is 0.404 e. The van der Waals surface area contributed by atoms with Crippen molar-refractivity contribution in [1.29, 1.82) is 0 Å². The topological polar surface area (TPSA) is 63.8 Å². The van der Waals surface area contributed by atoms with Crippen LogP contribution in [0.3, 0.4) is 0 Å². The third-order valence-electron chi connectivity index (χ3n) is 4.14. The van der Waals surface area contributed by atoms with E-state index in [0.717, 1.165) is 23.6 Å². The van der Waals surface area contributed by atoms with Gasteiger partial charge in [0, 0.05) is 17.6 Å². The molecule has 1 aliphatic carbocycles. The quantitative estimate of drug-likeness (QED) is 0.764. The number of fused-ring (bicyclic) bond motifs is 1. The molecule has 4 rings (SSSR count). The summed E-state index contributed by atoms with van der Waals surface area (Å²) in [6, 6.07) is 7.61. The summed E-state index contributed by atoms with van der Waals surface area (Å²) in [6.07, 6.45) is -1.61. The van der Waals surface area contributed by atoms with Crippen LogP contribution in [0.5, 0.6) is 0 Å². The second-order valence-electron chi connectivity index (χ2n) is 6.13. The Morgan fingerprint density at radius 2 is 2.00 bits per heavy atom. The van der Waals surface area contributed by atoms with Crippen LogP contribution in [0.25, 0.3) is 22.3 Å². The molecular weight excluding hydrogens is 333 g/mol. The first-order valence-electron chi connectivity index (χ1n) is 8.00. The Morgan fingerprint density at radius 1 is 1.20 bits per heavy atom. The first-order chi connectivity index (χ1) is 12.0. The SMILES string of the molecule is FC(F)(F)C(Cc1nc(-c2nccc3ccccc23)no1)NC1CC1. The molecule has 25 heavy (non-hydrogen) atoms. The van der Waals surface area contributed by atoms with Crippen LogP contribution in [0.1, 0.15) is 18.7 Å². The monoisotopic (exact) mass is 348 g/mol. The number of benzene rings is 1. The van der Waals surface area contributed by atoms with E-state index >= 15 is 0 Å². The summed E-state index contributed by atoms with van der Waals surface area (Å²) in [5.41, 5.74) is 0.492. The van der Waals surface area contributed by atoms with E-state index in [1.165, 1.54) is 0 Å². The number of alkyl halides is 3. The van der Waals surface area contributed by atoms with E-state index in [9.17, 15) is 13.2 Å². The molecule has 1 saturated carbocycles. The molecular formula is C17H15F3N4O. The van der Waals surface area contributed by atoms with Gasteiger partial charge in [-0.15, -0.1) is 0 Å². The normalized spacial score (nSPS) is 16.3. The van der Waals surface area contributed by atoms with Crippen LogP contribution in [0.4, 0.5) is 13.2 Å². The predicted molar refractivity (Wildman–Crippen MR) is 84.7 cm³/mol. The zero-order valence-electron chi connectivity index (χ0n) is 13.1. The summed E-state index contributed by atoms with van der Waals surface area (Å²) in [6.45, 7) is 0. The number of rotatable bonds is 5. The van der Waals surface area contributed by atoms with Crippen molar-refractivity contribution in [1.82, 2.24) is 20.4 Å². The number of nitrogens with zero attached hydrogens (tertiary/aromatic N) is 3.